The lowest BCUT2D eigenvalue weighted by atomic mass is 9.92. The summed E-state index contributed by atoms with van der Waals surface area (Å²) < 4.78 is 66.1. The van der Waals surface area contributed by atoms with Gasteiger partial charge in [-0.05, 0) is 43.6 Å². The van der Waals surface area contributed by atoms with Crippen molar-refractivity contribution in [2.45, 2.75) is 51.9 Å². The van der Waals surface area contributed by atoms with Gasteiger partial charge in [-0.3, -0.25) is 0 Å². The van der Waals surface area contributed by atoms with Gasteiger partial charge in [0, 0.05) is 67.3 Å². The minimum Gasteiger partial charge on any atom is -0.354 e. The lowest BCUT2D eigenvalue weighted by molar-refractivity contribution is 0.373. The van der Waals surface area contributed by atoms with E-state index in [1.54, 1.807) is 0 Å². The molecule has 2 aliphatic heterocycles. The average Bonchev–Trinajstić information content (AvgIpc) is 2.86. The van der Waals surface area contributed by atoms with E-state index in [2.05, 4.69) is 31.8 Å². The molecule has 174 valence electrons. The van der Waals surface area contributed by atoms with Crippen molar-refractivity contribution in [1.82, 2.24) is 24.2 Å². The quantitative estimate of drug-likeness (QED) is 0.634. The zero-order chi connectivity index (χ0) is 26.9. The molecule has 0 aliphatic carbocycles. The predicted octanol–water partition coefficient (Wildman–Crippen LogP) is 2.26. The molecule has 1 saturated heterocycles. The average molecular weight is 465 g/mol. The molecule has 3 unspecified atom stereocenters. The van der Waals surface area contributed by atoms with Crippen molar-refractivity contribution in [2.24, 2.45) is 5.92 Å². The lowest BCUT2D eigenvalue weighted by Gasteiger charge is -2.32. The maximum atomic E-state index is 12.1. The van der Waals surface area contributed by atoms with E-state index in [0.717, 1.165) is 68.3 Å². The van der Waals surface area contributed by atoms with Gasteiger partial charge in [0.2, 0.25) is 21.9 Å². The van der Waals surface area contributed by atoms with Gasteiger partial charge in [0.25, 0.3) is 0 Å². The summed E-state index contributed by atoms with van der Waals surface area (Å²) in [6.45, 7) is 1.03. The van der Waals surface area contributed by atoms with Crippen molar-refractivity contribution in [2.75, 3.05) is 42.6 Å². The van der Waals surface area contributed by atoms with Gasteiger partial charge in [-0.1, -0.05) is 6.92 Å². The second kappa shape index (κ2) is 10.1. The van der Waals surface area contributed by atoms with Crippen LogP contribution < -0.4 is 10.2 Å². The molecule has 0 aromatic carbocycles. The molecule has 0 saturated carbocycles. The Morgan fingerprint density at radius 3 is 2.72 bits per heavy atom. The molecule has 32 heavy (non-hydrogen) atoms. The SMILES string of the molecule is [2H]c1nc(N([2H])CCCC2CCN(c3ncc(CC)cn3)CC2)nc2c1C([2H])N(S(C)(=O)=O)C([2H])C2[2H]. The van der Waals surface area contributed by atoms with Crippen LogP contribution in [0.4, 0.5) is 11.9 Å². The number of aryl methyl sites for hydroxylation is 2. The number of piperidine rings is 1. The van der Waals surface area contributed by atoms with Crippen LogP contribution in [0.2, 0.25) is 1.41 Å². The maximum absolute atomic E-state index is 12.1. The van der Waals surface area contributed by atoms with Gasteiger partial charge in [0.05, 0.1) is 13.3 Å². The third-order valence-corrected chi connectivity index (χ3v) is 6.81. The molecule has 9 nitrogen and oxygen atoms in total. The van der Waals surface area contributed by atoms with Crippen LogP contribution in [0.1, 0.15) is 54.9 Å². The van der Waals surface area contributed by atoms with Gasteiger partial charge >= 0.3 is 0 Å². The third-order valence-electron chi connectivity index (χ3n) is 5.81. The molecule has 4 rings (SSSR count). The van der Waals surface area contributed by atoms with Gasteiger partial charge in [0.15, 0.2) is 1.41 Å². The van der Waals surface area contributed by atoms with Gasteiger partial charge in [-0.15, -0.1) is 0 Å². The molecule has 0 bridgehead atoms. The Balaban J connectivity index is 1.33. The van der Waals surface area contributed by atoms with Crippen molar-refractivity contribution in [1.29, 1.82) is 0 Å². The van der Waals surface area contributed by atoms with E-state index in [-0.39, 0.29) is 17.2 Å². The van der Waals surface area contributed by atoms with Crippen LogP contribution in [-0.2, 0) is 29.4 Å². The standard InChI is InChI=1S/C22H33N7O2S/c1-3-17-13-25-22(26-14-17)28-10-6-18(7-11-28)5-4-9-23-21-24-15-19-16-29(32(2,30)31)12-8-20(19)27-21/h13-15,18H,3-12,16H2,1-2H3,(H,23,24,27)/i8D,12D,15D,16D/hD. The summed E-state index contributed by atoms with van der Waals surface area (Å²) in [6, 6.07) is 0. The number of hydrogen-bond acceptors (Lipinski definition) is 8. The minimum atomic E-state index is -3.95. The summed E-state index contributed by atoms with van der Waals surface area (Å²) in [5, 5.41) is 1.07. The first kappa shape index (κ1) is 17.2. The molecule has 2 aromatic heterocycles. The summed E-state index contributed by atoms with van der Waals surface area (Å²) >= 11 is 0. The Labute approximate surface area is 197 Å². The van der Waals surface area contributed by atoms with Crippen LogP contribution >= 0.6 is 0 Å². The van der Waals surface area contributed by atoms with Gasteiger partial charge in [-0.2, -0.15) is 4.31 Å². The van der Waals surface area contributed by atoms with Crippen molar-refractivity contribution in [3.63, 3.8) is 0 Å². The molecule has 0 radical (unpaired) electrons. The Bertz CT molecular complexity index is 1200. The van der Waals surface area contributed by atoms with Crippen molar-refractivity contribution < 1.29 is 15.3 Å². The highest BCUT2D eigenvalue weighted by molar-refractivity contribution is 7.88. The molecular weight excluding hydrogens is 426 g/mol. The molecule has 1 fully saturated rings. The van der Waals surface area contributed by atoms with E-state index in [9.17, 15) is 8.42 Å². The minimum absolute atomic E-state index is 0.0336. The van der Waals surface area contributed by atoms with Crippen LogP contribution in [0.5, 0.6) is 0 Å². The fourth-order valence-electron chi connectivity index (χ4n) is 3.85. The highest BCUT2D eigenvalue weighted by Gasteiger charge is 2.24. The van der Waals surface area contributed by atoms with Crippen LogP contribution in [0.25, 0.3) is 0 Å². The largest absolute Gasteiger partial charge is 0.354 e. The number of aromatic nitrogens is 4. The van der Waals surface area contributed by atoms with Gasteiger partial charge in [-0.25, -0.2) is 28.4 Å². The van der Waals surface area contributed by atoms with Crippen molar-refractivity contribution in [3.05, 3.63) is 35.4 Å². The second-order valence-electron chi connectivity index (χ2n) is 8.17. The Morgan fingerprint density at radius 1 is 1.28 bits per heavy atom. The molecule has 2 aliphatic rings. The van der Waals surface area contributed by atoms with E-state index in [1.807, 2.05) is 12.4 Å². The van der Waals surface area contributed by atoms with Gasteiger partial charge < -0.3 is 10.2 Å². The highest BCUT2D eigenvalue weighted by Crippen LogP contribution is 2.24. The predicted molar refractivity (Wildman–Crippen MR) is 125 cm³/mol. The summed E-state index contributed by atoms with van der Waals surface area (Å²) in [5.41, 5.74) is 0.979. The summed E-state index contributed by atoms with van der Waals surface area (Å²) in [7, 11) is -3.95. The molecule has 0 spiro atoms. The van der Waals surface area contributed by atoms with Crippen LogP contribution in [0, 0.1) is 5.92 Å². The Hall–Kier alpha value is -2.33. The summed E-state index contributed by atoms with van der Waals surface area (Å²) in [5.74, 6) is 1.21. The first-order valence-corrected chi connectivity index (χ1v) is 12.8. The number of rotatable bonds is 8. The van der Waals surface area contributed by atoms with Crippen molar-refractivity contribution in [3.8, 4) is 0 Å². The first-order valence-electron chi connectivity index (χ1n) is 13.6. The van der Waals surface area contributed by atoms with E-state index >= 15 is 0 Å². The number of fused-ring (bicyclic) bond motifs is 1. The number of nitrogens with one attached hydrogen (secondary N) is 1. The molecule has 1 N–H and O–H groups in total. The third kappa shape index (κ3) is 5.72. The van der Waals surface area contributed by atoms with Crippen LogP contribution in [-0.4, -0.2) is 65.1 Å². The molecule has 0 amide bonds. The first-order chi connectivity index (χ1) is 17.5. The topological polar surface area (TPSA) is 104 Å². The monoisotopic (exact) mass is 464 g/mol. The van der Waals surface area contributed by atoms with E-state index in [4.69, 9.17) is 6.89 Å². The summed E-state index contributed by atoms with van der Waals surface area (Å²) in [4.78, 5) is 19.4. The number of nitrogens with zero attached hydrogens (tertiary/aromatic N) is 6. The van der Waals surface area contributed by atoms with E-state index in [1.165, 1.54) is 0 Å². The number of hydrogen-bond donors (Lipinski definition) is 1. The normalized spacial score (nSPS) is 27.0. The second-order valence-corrected chi connectivity index (χ2v) is 10.1. The zero-order valence-electron chi connectivity index (χ0n) is 23.5. The highest BCUT2D eigenvalue weighted by atomic mass is 32.2. The Kier molecular flexibility index (Phi) is 5.41. The van der Waals surface area contributed by atoms with Crippen LogP contribution in [0.3, 0.4) is 0 Å². The number of sulfonamides is 1. The molecular formula is C22H33N7O2S. The van der Waals surface area contributed by atoms with E-state index < -0.39 is 35.6 Å². The van der Waals surface area contributed by atoms with Gasteiger partial charge in [0.1, 0.15) is 0 Å². The smallest absolute Gasteiger partial charge is 0.225 e. The zero-order valence-corrected chi connectivity index (χ0v) is 19.3. The van der Waals surface area contributed by atoms with E-state index in [0.29, 0.717) is 16.8 Å². The molecule has 2 aromatic rings. The maximum Gasteiger partial charge on any atom is 0.225 e. The molecule has 10 heteroatoms. The Morgan fingerprint density at radius 2 is 2.03 bits per heavy atom. The van der Waals surface area contributed by atoms with Crippen LogP contribution in [0.15, 0.2) is 18.6 Å². The summed E-state index contributed by atoms with van der Waals surface area (Å²) in [6.07, 6.45) is 7.41. The molecule has 4 heterocycles. The lowest BCUT2D eigenvalue weighted by Crippen LogP contribution is -2.35. The van der Waals surface area contributed by atoms with Crippen molar-refractivity contribution >= 4 is 21.9 Å². The fraction of sp³-hybridized carbons (Fsp3) is 0.636. The fourth-order valence-corrected chi connectivity index (χ4v) is 4.43. The number of anilines is 2. The molecule has 3 atom stereocenters.